The predicted molar refractivity (Wildman–Crippen MR) is 599 cm³/mol. The summed E-state index contributed by atoms with van der Waals surface area (Å²) in [7, 11) is 2.05. The van der Waals surface area contributed by atoms with Crippen LogP contribution in [0.25, 0.3) is 150 Å². The van der Waals surface area contributed by atoms with Crippen LogP contribution in [0.2, 0.25) is 30.1 Å². The molecule has 7 aromatic heterocycles. The van der Waals surface area contributed by atoms with Crippen molar-refractivity contribution in [1.29, 1.82) is 0 Å². The minimum Gasteiger partial charge on any atom is -0.507 e. The molecule has 14 aromatic carbocycles. The lowest BCUT2D eigenvalue weighted by molar-refractivity contribution is 0.282. The standard InChI is InChI=1S/C21H17ClN2OS.C21H17ClN2S.C18H16ClN3S.C18H15ClN2OS.C18H15ClN2S.C17H13ClN2S/c1-2-26-21-23-18-11-16(17(22)12-19(18)24-21)14-9-7-13(8-10-14)15-5-3-4-6-20(15)25;1-2-25-21-23-19-12-17(18(22)13-20(19)24-21)16-10-8-15(9-11-16)14-6-4-3-5-7-14;1-3-23-18-20-15-9-13(14(19)10-16(15)21-18)11-4-5-17-12(8-11)6-7-22(17)2;1-2-23-18-20-16-9-14(15(19)10-17(16)21-18)8-7-12-3-5-13(11-22)6-4-12;1-2-22-18-20-16-9-14(15(19)10-17(16)21-18)13-7-6-11-4-3-5-12(11)8-13;1-2-21-17-19-15-10-13(14(18)11-16(15)20-17)9-8-12-6-4-3-5-7-12/h3-12,25H,2H2,1H3,(H,23,24);3-13H,2H2,1H3,(H,23,24);4-10H,3H2,1-2H3,(H,20,21);3-6,9-10,22H,2,11H2,1H3,(H,20,21);3,5-10H,2,4H2,1H3,(H,20,21);3-7,10-11H,2H2,1H3,(H,19,20). The molecule has 0 unspecified atom stereocenters. The molecule has 7 heterocycles. The van der Waals surface area contributed by atoms with E-state index in [9.17, 15) is 5.11 Å². The van der Waals surface area contributed by atoms with Crippen molar-refractivity contribution in [2.45, 2.75) is 85.5 Å². The minimum atomic E-state index is 0.0358. The molecule has 140 heavy (non-hydrogen) atoms. The summed E-state index contributed by atoms with van der Waals surface area (Å²) >= 11 is 48.8. The third-order valence-corrected chi connectivity index (χ3v) is 29.0. The first kappa shape index (κ1) is 99.5. The van der Waals surface area contributed by atoms with Crippen molar-refractivity contribution < 1.29 is 10.2 Å². The highest BCUT2D eigenvalue weighted by atomic mass is 35.5. The summed E-state index contributed by atoms with van der Waals surface area (Å²) in [6.45, 7) is 12.7. The summed E-state index contributed by atoms with van der Waals surface area (Å²) in [6, 6.07) is 90.3. The molecule has 1 aliphatic rings. The van der Waals surface area contributed by atoms with Crippen LogP contribution in [0.15, 0.2) is 316 Å². The number of imidazole rings is 6. The van der Waals surface area contributed by atoms with Crippen LogP contribution < -0.4 is 0 Å². The van der Waals surface area contributed by atoms with Crippen molar-refractivity contribution in [2.75, 3.05) is 34.5 Å². The highest BCUT2D eigenvalue weighted by Gasteiger charge is 2.19. The summed E-state index contributed by atoms with van der Waals surface area (Å²) in [5, 5.41) is 30.0. The van der Waals surface area contributed by atoms with Gasteiger partial charge in [0.1, 0.15) is 5.75 Å². The number of H-pyrrole nitrogens is 6. The second kappa shape index (κ2) is 47.0. The predicted octanol–water partition coefficient (Wildman–Crippen LogP) is 33.0. The molecule has 0 saturated heterocycles. The van der Waals surface area contributed by atoms with E-state index < -0.39 is 0 Å². The van der Waals surface area contributed by atoms with Crippen LogP contribution in [0, 0.1) is 23.7 Å². The normalized spacial score (nSPS) is 11.3. The van der Waals surface area contributed by atoms with Crippen LogP contribution in [-0.2, 0) is 20.1 Å². The van der Waals surface area contributed by atoms with Gasteiger partial charge in [-0.1, -0.05) is 363 Å². The number of phenolic OH excluding ortho intramolecular Hbond substituents is 1. The maximum absolute atomic E-state index is 10.0. The number of nitrogens with one attached hydrogen (secondary N) is 6. The highest BCUT2D eigenvalue weighted by Crippen LogP contribution is 2.42. The average Bonchev–Trinajstić information content (AvgIpc) is 1.60. The van der Waals surface area contributed by atoms with Gasteiger partial charge in [-0.3, -0.25) is 0 Å². The number of halogens is 6. The Labute approximate surface area is 867 Å². The van der Waals surface area contributed by atoms with Crippen LogP contribution in [0.5, 0.6) is 5.75 Å². The van der Waals surface area contributed by atoms with E-state index in [4.69, 9.17) is 74.7 Å². The molecular weight excluding hydrogens is 1980 g/mol. The number of rotatable bonds is 19. The van der Waals surface area contributed by atoms with Crippen molar-refractivity contribution in [1.82, 2.24) is 64.4 Å². The number of aliphatic hydroxyl groups is 1. The van der Waals surface area contributed by atoms with E-state index in [1.807, 2.05) is 158 Å². The Hall–Kier alpha value is -12.1. The van der Waals surface area contributed by atoms with Gasteiger partial charge >= 0.3 is 0 Å². The molecule has 1 aliphatic carbocycles. The van der Waals surface area contributed by atoms with E-state index >= 15 is 0 Å². The molecular formula is C113H93Cl6N13O2S6. The molecule has 0 amide bonds. The number of hydrogen-bond acceptors (Lipinski definition) is 14. The Morgan fingerprint density at radius 2 is 0.664 bits per heavy atom. The van der Waals surface area contributed by atoms with Crippen LogP contribution in [0.1, 0.15) is 80.5 Å². The van der Waals surface area contributed by atoms with Crippen molar-refractivity contribution in [2.24, 2.45) is 7.05 Å². The van der Waals surface area contributed by atoms with Crippen LogP contribution in [0.4, 0.5) is 0 Å². The van der Waals surface area contributed by atoms with Gasteiger partial charge in [0.15, 0.2) is 30.9 Å². The van der Waals surface area contributed by atoms with E-state index in [0.29, 0.717) is 15.1 Å². The van der Waals surface area contributed by atoms with E-state index in [-0.39, 0.29) is 12.4 Å². The molecule has 0 aliphatic heterocycles. The van der Waals surface area contributed by atoms with Gasteiger partial charge in [-0.25, -0.2) is 29.9 Å². The Bertz CT molecular complexity index is 8180. The average molecular weight is 2070 g/mol. The van der Waals surface area contributed by atoms with Crippen molar-refractivity contribution >= 4 is 223 Å². The number of phenols is 1. The Morgan fingerprint density at radius 3 is 1.08 bits per heavy atom. The SMILES string of the molecule is CCSc1nc2cc(-c3ccc(-c4ccccc4)cc3)c(Cl)cc2[nH]1.CCSc1nc2cc(-c3ccc(-c4ccccc4O)cc3)c(Cl)cc2[nH]1.CCSc1nc2cc(-c3ccc4c(c3)C=CC4)c(Cl)cc2[nH]1.CCSc1nc2cc(-c3ccc4c(ccn4C)c3)c(Cl)cc2[nH]1.CCSc1nc2cc(Cl)c(C#Cc3ccc(CO)cc3)cc2[nH]1.CCSc1nc2cc(Cl)c(C#Cc3ccccc3)cc2[nH]1. The number of aryl methyl sites for hydroxylation is 1. The second-order valence-corrected chi connectivity index (χ2v) is 41.9. The maximum atomic E-state index is 10.0. The molecule has 0 radical (unpaired) electrons. The molecule has 27 heteroatoms. The lowest BCUT2D eigenvalue weighted by atomic mass is 9.99. The van der Waals surface area contributed by atoms with Crippen LogP contribution >= 0.6 is 140 Å². The Kier molecular flexibility index (Phi) is 33.4. The molecule has 700 valence electrons. The molecule has 0 bridgehead atoms. The molecule has 8 N–H and O–H groups in total. The van der Waals surface area contributed by atoms with Gasteiger partial charge in [-0.15, -0.1) is 0 Å². The number of hydrogen-bond donors (Lipinski definition) is 8. The number of para-hydroxylation sites is 1. The van der Waals surface area contributed by atoms with Crippen molar-refractivity contribution in [3.8, 4) is 96.2 Å². The monoisotopic (exact) mass is 2070 g/mol. The topological polar surface area (TPSA) is 217 Å². The molecule has 0 saturated carbocycles. The van der Waals surface area contributed by atoms with Gasteiger partial charge < -0.3 is 44.7 Å². The number of aromatic nitrogens is 13. The van der Waals surface area contributed by atoms with Gasteiger partial charge in [0, 0.05) is 74.2 Å². The van der Waals surface area contributed by atoms with Gasteiger partial charge in [0.25, 0.3) is 0 Å². The molecule has 0 fully saturated rings. The van der Waals surface area contributed by atoms with Gasteiger partial charge in [0.05, 0.1) is 103 Å². The fourth-order valence-corrected chi connectivity index (χ4v) is 20.9. The molecule has 21 aromatic rings. The summed E-state index contributed by atoms with van der Waals surface area (Å²) in [6.07, 6.45) is 7.47. The van der Waals surface area contributed by atoms with Gasteiger partial charge in [-0.2, -0.15) is 0 Å². The fraction of sp³-hybridized carbons (Fsp3) is 0.133. The number of benzene rings is 14. The van der Waals surface area contributed by atoms with Crippen molar-refractivity contribution in [3.05, 3.63) is 354 Å². The lowest BCUT2D eigenvalue weighted by Gasteiger charge is -2.08. The van der Waals surface area contributed by atoms with Gasteiger partial charge in [0.2, 0.25) is 0 Å². The summed E-state index contributed by atoms with van der Waals surface area (Å²) in [5.74, 6) is 18.6. The van der Waals surface area contributed by atoms with Crippen LogP contribution in [-0.4, -0.2) is 109 Å². The summed E-state index contributed by atoms with van der Waals surface area (Å²) in [5.41, 5.74) is 32.0. The second-order valence-electron chi connectivity index (χ2n) is 31.9. The molecule has 0 atom stereocenters. The quantitative estimate of drug-likeness (QED) is 0.0279. The highest BCUT2D eigenvalue weighted by molar-refractivity contribution is 8.00. The van der Waals surface area contributed by atoms with E-state index in [1.54, 1.807) is 76.6 Å². The number of aromatic amines is 6. The molecule has 0 spiro atoms. The van der Waals surface area contributed by atoms with E-state index in [1.165, 1.54) is 33.2 Å². The van der Waals surface area contributed by atoms with E-state index in [0.717, 1.165) is 237 Å². The zero-order valence-electron chi connectivity index (χ0n) is 77.1. The van der Waals surface area contributed by atoms with Crippen LogP contribution in [0.3, 0.4) is 0 Å². The first-order valence-electron chi connectivity index (χ1n) is 45.4. The summed E-state index contributed by atoms with van der Waals surface area (Å²) < 4.78 is 2.12. The fourth-order valence-electron chi connectivity index (χ4n) is 15.7. The Balaban J connectivity index is 0.000000116. The number of aliphatic hydroxyl groups excluding tert-OH is 1. The zero-order chi connectivity index (χ0) is 97.3. The number of allylic oxidation sites excluding steroid dienone is 1. The largest absolute Gasteiger partial charge is 0.507 e. The Morgan fingerprint density at radius 1 is 0.321 bits per heavy atom. The number of thioether (sulfide) groups is 6. The number of aromatic hydroxyl groups is 1. The number of fused-ring (bicyclic) bond motifs is 8. The third kappa shape index (κ3) is 24.4. The number of nitrogens with zero attached hydrogens (tertiary/aromatic N) is 7. The lowest BCUT2D eigenvalue weighted by Crippen LogP contribution is -1.85. The first-order chi connectivity index (χ1) is 68.2. The van der Waals surface area contributed by atoms with Gasteiger partial charge in [-0.05, 0) is 224 Å². The summed E-state index contributed by atoms with van der Waals surface area (Å²) in [4.78, 5) is 47.3. The smallest absolute Gasteiger partial charge is 0.166 e. The minimum absolute atomic E-state index is 0.0358. The van der Waals surface area contributed by atoms with Crippen molar-refractivity contribution in [3.63, 3.8) is 0 Å². The zero-order valence-corrected chi connectivity index (χ0v) is 86.5. The molecule has 22 rings (SSSR count). The maximum Gasteiger partial charge on any atom is 0.166 e. The third-order valence-electron chi connectivity index (χ3n) is 22.6. The van der Waals surface area contributed by atoms with E-state index in [2.05, 4.69) is 264 Å². The molecule has 15 nitrogen and oxygen atoms in total. The first-order valence-corrected chi connectivity index (χ1v) is 53.5.